The van der Waals surface area contributed by atoms with Crippen molar-refractivity contribution in [1.82, 2.24) is 5.32 Å². The van der Waals surface area contributed by atoms with E-state index in [1.54, 1.807) is 11.3 Å². The molecule has 1 heterocycles. The van der Waals surface area contributed by atoms with Crippen LogP contribution in [0.2, 0.25) is 0 Å². The van der Waals surface area contributed by atoms with Crippen molar-refractivity contribution in [2.75, 3.05) is 6.54 Å². The smallest absolute Gasteiger partial charge is 0.303 e. The van der Waals surface area contributed by atoms with E-state index in [2.05, 4.69) is 29.1 Å². The average Bonchev–Trinajstić information content (AvgIpc) is 2.69. The van der Waals surface area contributed by atoms with Crippen molar-refractivity contribution in [2.24, 2.45) is 0 Å². The highest BCUT2D eigenvalue weighted by molar-refractivity contribution is 7.07. The molecule has 0 saturated carbocycles. The minimum Gasteiger partial charge on any atom is -0.481 e. The van der Waals surface area contributed by atoms with Crippen molar-refractivity contribution in [3.8, 4) is 0 Å². The summed E-state index contributed by atoms with van der Waals surface area (Å²) >= 11 is 1.70. The Kier molecular flexibility index (Phi) is 5.36. The third-order valence-electron chi connectivity index (χ3n) is 2.31. The fourth-order valence-electron chi connectivity index (χ4n) is 1.36. The number of nitrogens with one attached hydrogen (secondary N) is 1. The Morgan fingerprint density at radius 2 is 2.40 bits per heavy atom. The van der Waals surface area contributed by atoms with Crippen LogP contribution in [0.1, 0.15) is 37.8 Å². The van der Waals surface area contributed by atoms with Crippen molar-refractivity contribution < 1.29 is 9.90 Å². The molecule has 1 unspecified atom stereocenters. The topological polar surface area (TPSA) is 49.3 Å². The van der Waals surface area contributed by atoms with Gasteiger partial charge in [0.2, 0.25) is 0 Å². The fourth-order valence-corrected chi connectivity index (χ4v) is 2.11. The summed E-state index contributed by atoms with van der Waals surface area (Å²) in [5.74, 6) is -0.708. The lowest BCUT2D eigenvalue weighted by atomic mass is 10.1. The van der Waals surface area contributed by atoms with Crippen LogP contribution in [0.5, 0.6) is 0 Å². The lowest BCUT2D eigenvalue weighted by Gasteiger charge is -2.11. The van der Waals surface area contributed by atoms with E-state index in [-0.39, 0.29) is 6.42 Å². The molecule has 0 amide bonds. The summed E-state index contributed by atoms with van der Waals surface area (Å²) in [5, 5.41) is 16.0. The number of aliphatic carboxylic acids is 1. The molecule has 0 aliphatic rings. The first kappa shape index (κ1) is 12.2. The SMILES string of the molecule is CC(NCCCCC(=O)O)c1ccsc1. The lowest BCUT2D eigenvalue weighted by Crippen LogP contribution is -2.19. The second kappa shape index (κ2) is 6.58. The van der Waals surface area contributed by atoms with Crippen LogP contribution in [-0.4, -0.2) is 17.6 Å². The summed E-state index contributed by atoms with van der Waals surface area (Å²) in [5.41, 5.74) is 1.30. The fraction of sp³-hybridized carbons (Fsp3) is 0.545. The first-order valence-electron chi connectivity index (χ1n) is 5.17. The maximum Gasteiger partial charge on any atom is 0.303 e. The number of unbranched alkanes of at least 4 members (excludes halogenated alkanes) is 1. The molecule has 1 atom stereocenters. The summed E-state index contributed by atoms with van der Waals surface area (Å²) in [4.78, 5) is 10.3. The quantitative estimate of drug-likeness (QED) is 0.704. The molecule has 1 aromatic rings. The summed E-state index contributed by atoms with van der Waals surface area (Å²) in [7, 11) is 0. The van der Waals surface area contributed by atoms with Gasteiger partial charge in [0.1, 0.15) is 0 Å². The van der Waals surface area contributed by atoms with Gasteiger partial charge in [-0.15, -0.1) is 0 Å². The number of rotatable bonds is 7. The van der Waals surface area contributed by atoms with Crippen molar-refractivity contribution >= 4 is 17.3 Å². The Morgan fingerprint density at radius 3 is 3.00 bits per heavy atom. The Bertz CT molecular complexity index is 285. The van der Waals surface area contributed by atoms with Crippen molar-refractivity contribution in [3.63, 3.8) is 0 Å². The maximum atomic E-state index is 10.3. The summed E-state index contributed by atoms with van der Waals surface area (Å²) in [6.07, 6.45) is 1.94. The van der Waals surface area contributed by atoms with E-state index in [9.17, 15) is 4.79 Å². The monoisotopic (exact) mass is 227 g/mol. The molecular formula is C11H17NO2S. The Labute approximate surface area is 94.1 Å². The number of carbonyl (C=O) groups is 1. The van der Waals surface area contributed by atoms with Crippen LogP contribution in [0.3, 0.4) is 0 Å². The third-order valence-corrected chi connectivity index (χ3v) is 3.01. The molecule has 1 aromatic heterocycles. The molecule has 0 bridgehead atoms. The van der Waals surface area contributed by atoms with E-state index >= 15 is 0 Å². The van der Waals surface area contributed by atoms with Gasteiger partial charge in [0.05, 0.1) is 0 Å². The van der Waals surface area contributed by atoms with E-state index in [1.807, 2.05) is 0 Å². The van der Waals surface area contributed by atoms with E-state index in [4.69, 9.17) is 5.11 Å². The van der Waals surface area contributed by atoms with Gasteiger partial charge in [0, 0.05) is 12.5 Å². The third kappa shape index (κ3) is 4.95. The minimum absolute atomic E-state index is 0.272. The zero-order valence-electron chi connectivity index (χ0n) is 8.90. The summed E-state index contributed by atoms with van der Waals surface area (Å²) in [6.45, 7) is 3.00. The molecule has 3 nitrogen and oxygen atoms in total. The van der Waals surface area contributed by atoms with E-state index in [0.717, 1.165) is 19.4 Å². The number of thiophene rings is 1. The van der Waals surface area contributed by atoms with E-state index < -0.39 is 5.97 Å². The minimum atomic E-state index is -0.708. The van der Waals surface area contributed by atoms with E-state index in [1.165, 1.54) is 5.56 Å². The first-order valence-corrected chi connectivity index (χ1v) is 6.11. The molecule has 1 rings (SSSR count). The second-order valence-electron chi connectivity index (χ2n) is 3.58. The Balaban J connectivity index is 2.08. The second-order valence-corrected chi connectivity index (χ2v) is 4.36. The van der Waals surface area contributed by atoms with Crippen molar-refractivity contribution in [2.45, 2.75) is 32.2 Å². The average molecular weight is 227 g/mol. The molecule has 0 radical (unpaired) electrons. The van der Waals surface area contributed by atoms with Gasteiger partial charge in [-0.05, 0) is 48.7 Å². The van der Waals surface area contributed by atoms with Crippen LogP contribution < -0.4 is 5.32 Å². The van der Waals surface area contributed by atoms with Crippen LogP contribution >= 0.6 is 11.3 Å². The molecule has 0 fully saturated rings. The summed E-state index contributed by atoms with van der Waals surface area (Å²) in [6, 6.07) is 2.47. The van der Waals surface area contributed by atoms with Gasteiger partial charge in [0.15, 0.2) is 0 Å². The molecule has 2 N–H and O–H groups in total. The Morgan fingerprint density at radius 1 is 1.60 bits per heavy atom. The Hall–Kier alpha value is -0.870. The number of carboxylic acids is 1. The normalized spacial score (nSPS) is 12.6. The zero-order chi connectivity index (χ0) is 11.1. The van der Waals surface area contributed by atoms with Gasteiger partial charge in [-0.3, -0.25) is 4.79 Å². The first-order chi connectivity index (χ1) is 7.20. The van der Waals surface area contributed by atoms with Gasteiger partial charge in [-0.1, -0.05) is 0 Å². The molecule has 0 aliphatic heterocycles. The molecule has 0 aromatic carbocycles. The number of hydrogen-bond acceptors (Lipinski definition) is 3. The predicted molar refractivity (Wildman–Crippen MR) is 62.2 cm³/mol. The largest absolute Gasteiger partial charge is 0.481 e. The number of hydrogen-bond donors (Lipinski definition) is 2. The molecule has 84 valence electrons. The highest BCUT2D eigenvalue weighted by atomic mass is 32.1. The standard InChI is InChI=1S/C11H17NO2S/c1-9(10-5-7-15-8-10)12-6-3-2-4-11(13)14/h5,7-9,12H,2-4,6H2,1H3,(H,13,14). The molecular weight excluding hydrogens is 210 g/mol. The summed E-state index contributed by atoms with van der Waals surface area (Å²) < 4.78 is 0. The van der Waals surface area contributed by atoms with E-state index in [0.29, 0.717) is 6.04 Å². The molecule has 0 saturated heterocycles. The highest BCUT2D eigenvalue weighted by Crippen LogP contribution is 2.15. The number of carboxylic acid groups (broad SMARTS) is 1. The molecule has 15 heavy (non-hydrogen) atoms. The van der Waals surface area contributed by atoms with Crippen LogP contribution in [-0.2, 0) is 4.79 Å². The van der Waals surface area contributed by atoms with Gasteiger partial charge in [0.25, 0.3) is 0 Å². The maximum absolute atomic E-state index is 10.3. The van der Waals surface area contributed by atoms with Crippen LogP contribution in [0.25, 0.3) is 0 Å². The highest BCUT2D eigenvalue weighted by Gasteiger charge is 2.04. The lowest BCUT2D eigenvalue weighted by molar-refractivity contribution is -0.137. The van der Waals surface area contributed by atoms with Crippen LogP contribution in [0, 0.1) is 0 Å². The molecule has 0 spiro atoms. The van der Waals surface area contributed by atoms with Gasteiger partial charge < -0.3 is 10.4 Å². The van der Waals surface area contributed by atoms with Gasteiger partial charge in [-0.25, -0.2) is 0 Å². The molecule has 4 heteroatoms. The van der Waals surface area contributed by atoms with Gasteiger partial charge in [-0.2, -0.15) is 11.3 Å². The zero-order valence-corrected chi connectivity index (χ0v) is 9.72. The predicted octanol–water partition coefficient (Wildman–Crippen LogP) is 2.65. The van der Waals surface area contributed by atoms with Crippen LogP contribution in [0.4, 0.5) is 0 Å². The molecule has 0 aliphatic carbocycles. The van der Waals surface area contributed by atoms with Crippen LogP contribution in [0.15, 0.2) is 16.8 Å². The van der Waals surface area contributed by atoms with Gasteiger partial charge >= 0.3 is 5.97 Å². The van der Waals surface area contributed by atoms with Crippen molar-refractivity contribution in [3.05, 3.63) is 22.4 Å². The van der Waals surface area contributed by atoms with Crippen molar-refractivity contribution in [1.29, 1.82) is 0 Å².